The lowest BCUT2D eigenvalue weighted by molar-refractivity contribution is -0.121. The van der Waals surface area contributed by atoms with E-state index in [1.165, 1.54) is 17.0 Å². The Morgan fingerprint density at radius 1 is 1.47 bits per heavy atom. The van der Waals surface area contributed by atoms with Crippen LogP contribution < -0.4 is 10.6 Å². The number of carbonyl (C=O) groups is 1. The van der Waals surface area contributed by atoms with E-state index in [1.807, 2.05) is 0 Å². The molecule has 0 aromatic heterocycles. The van der Waals surface area contributed by atoms with E-state index in [4.69, 9.17) is 5.73 Å². The van der Waals surface area contributed by atoms with Gasteiger partial charge in [0, 0.05) is 25.2 Å². The van der Waals surface area contributed by atoms with Gasteiger partial charge in [-0.25, -0.2) is 4.39 Å². The highest BCUT2D eigenvalue weighted by molar-refractivity contribution is 5.94. The van der Waals surface area contributed by atoms with Gasteiger partial charge in [-0.2, -0.15) is 0 Å². The standard InChI is InChI=1S/C11H15FN2O/c1-8(7-13)11(15)14(2)10-5-3-9(12)4-6-10/h3-6,8H,7,13H2,1-2H3. The molecule has 0 bridgehead atoms. The zero-order valence-corrected chi connectivity index (χ0v) is 8.90. The van der Waals surface area contributed by atoms with Gasteiger partial charge in [-0.15, -0.1) is 0 Å². The zero-order chi connectivity index (χ0) is 11.4. The van der Waals surface area contributed by atoms with Crippen LogP contribution in [-0.2, 0) is 4.79 Å². The number of nitrogens with zero attached hydrogens (tertiary/aromatic N) is 1. The fourth-order valence-electron chi connectivity index (χ4n) is 1.22. The number of halogens is 1. The molecule has 1 amide bonds. The zero-order valence-electron chi connectivity index (χ0n) is 8.90. The number of nitrogens with two attached hydrogens (primary N) is 1. The topological polar surface area (TPSA) is 46.3 Å². The van der Waals surface area contributed by atoms with Crippen LogP contribution in [0.25, 0.3) is 0 Å². The second-order valence-corrected chi connectivity index (χ2v) is 3.51. The van der Waals surface area contributed by atoms with Crippen LogP contribution in [0.2, 0.25) is 0 Å². The highest BCUT2D eigenvalue weighted by Crippen LogP contribution is 2.15. The van der Waals surface area contributed by atoms with Gasteiger partial charge >= 0.3 is 0 Å². The maximum absolute atomic E-state index is 12.7. The fraction of sp³-hybridized carbons (Fsp3) is 0.364. The summed E-state index contributed by atoms with van der Waals surface area (Å²) in [5.74, 6) is -0.601. The van der Waals surface area contributed by atoms with Crippen LogP contribution in [-0.4, -0.2) is 19.5 Å². The summed E-state index contributed by atoms with van der Waals surface area (Å²) < 4.78 is 12.7. The van der Waals surface area contributed by atoms with Crippen LogP contribution in [0.15, 0.2) is 24.3 Å². The Morgan fingerprint density at radius 2 is 2.00 bits per heavy atom. The maximum atomic E-state index is 12.7. The minimum Gasteiger partial charge on any atom is -0.330 e. The summed E-state index contributed by atoms with van der Waals surface area (Å²) in [5, 5.41) is 0. The van der Waals surface area contributed by atoms with Gasteiger partial charge in [-0.1, -0.05) is 6.92 Å². The van der Waals surface area contributed by atoms with Crippen molar-refractivity contribution in [3.63, 3.8) is 0 Å². The van der Waals surface area contributed by atoms with Crippen molar-refractivity contribution >= 4 is 11.6 Å². The molecule has 0 saturated heterocycles. The number of benzene rings is 1. The molecule has 0 fully saturated rings. The van der Waals surface area contributed by atoms with Crippen molar-refractivity contribution in [3.8, 4) is 0 Å². The first-order valence-electron chi connectivity index (χ1n) is 4.79. The van der Waals surface area contributed by atoms with E-state index in [9.17, 15) is 9.18 Å². The Kier molecular flexibility index (Phi) is 3.80. The second kappa shape index (κ2) is 4.89. The summed E-state index contributed by atoms with van der Waals surface area (Å²) in [6.07, 6.45) is 0. The third kappa shape index (κ3) is 2.76. The summed E-state index contributed by atoms with van der Waals surface area (Å²) in [4.78, 5) is 13.2. The molecule has 15 heavy (non-hydrogen) atoms. The third-order valence-electron chi connectivity index (χ3n) is 2.32. The number of hydrogen-bond donors (Lipinski definition) is 1. The van der Waals surface area contributed by atoms with Gasteiger partial charge in [0.1, 0.15) is 5.82 Å². The normalized spacial score (nSPS) is 12.3. The van der Waals surface area contributed by atoms with E-state index in [0.29, 0.717) is 12.2 Å². The van der Waals surface area contributed by atoms with E-state index in [2.05, 4.69) is 0 Å². The highest BCUT2D eigenvalue weighted by Gasteiger charge is 2.16. The smallest absolute Gasteiger partial charge is 0.230 e. The molecule has 0 saturated carbocycles. The van der Waals surface area contributed by atoms with Crippen LogP contribution in [0.4, 0.5) is 10.1 Å². The van der Waals surface area contributed by atoms with Crippen molar-refractivity contribution in [3.05, 3.63) is 30.1 Å². The Morgan fingerprint density at radius 3 is 2.47 bits per heavy atom. The summed E-state index contributed by atoms with van der Waals surface area (Å²) in [6.45, 7) is 2.08. The lowest BCUT2D eigenvalue weighted by atomic mass is 10.1. The predicted octanol–water partition coefficient (Wildman–Crippen LogP) is 1.38. The van der Waals surface area contributed by atoms with Gasteiger partial charge < -0.3 is 10.6 Å². The number of hydrogen-bond acceptors (Lipinski definition) is 2. The summed E-state index contributed by atoms with van der Waals surface area (Å²) in [7, 11) is 1.65. The number of rotatable bonds is 3. The minimum absolute atomic E-state index is 0.0656. The van der Waals surface area contributed by atoms with E-state index in [-0.39, 0.29) is 17.6 Å². The van der Waals surface area contributed by atoms with Gasteiger partial charge in [0.15, 0.2) is 0 Å². The highest BCUT2D eigenvalue weighted by atomic mass is 19.1. The van der Waals surface area contributed by atoms with Crippen molar-refractivity contribution in [1.29, 1.82) is 0 Å². The van der Waals surface area contributed by atoms with Crippen molar-refractivity contribution in [2.75, 3.05) is 18.5 Å². The number of anilines is 1. The molecule has 1 aromatic carbocycles. The molecule has 0 aliphatic rings. The molecule has 2 N–H and O–H groups in total. The van der Waals surface area contributed by atoms with E-state index in [0.717, 1.165) is 0 Å². The molecule has 0 radical (unpaired) electrons. The molecular weight excluding hydrogens is 195 g/mol. The van der Waals surface area contributed by atoms with Crippen LogP contribution in [0.5, 0.6) is 0 Å². The molecule has 1 unspecified atom stereocenters. The quantitative estimate of drug-likeness (QED) is 0.819. The fourth-order valence-corrected chi connectivity index (χ4v) is 1.22. The lowest BCUT2D eigenvalue weighted by Gasteiger charge is -2.20. The van der Waals surface area contributed by atoms with Crippen LogP contribution >= 0.6 is 0 Å². The Balaban J connectivity index is 2.80. The molecule has 0 aliphatic heterocycles. The van der Waals surface area contributed by atoms with Crippen molar-refractivity contribution in [1.82, 2.24) is 0 Å². The predicted molar refractivity (Wildman–Crippen MR) is 58.0 cm³/mol. The Labute approximate surface area is 88.7 Å². The second-order valence-electron chi connectivity index (χ2n) is 3.51. The van der Waals surface area contributed by atoms with Crippen molar-refractivity contribution in [2.45, 2.75) is 6.92 Å². The molecule has 0 spiro atoms. The van der Waals surface area contributed by atoms with Crippen LogP contribution in [0.1, 0.15) is 6.92 Å². The largest absolute Gasteiger partial charge is 0.330 e. The van der Waals surface area contributed by atoms with Gasteiger partial charge in [-0.3, -0.25) is 4.79 Å². The third-order valence-corrected chi connectivity index (χ3v) is 2.32. The molecule has 0 aliphatic carbocycles. The number of amides is 1. The average molecular weight is 210 g/mol. The van der Waals surface area contributed by atoms with E-state index >= 15 is 0 Å². The van der Waals surface area contributed by atoms with Crippen molar-refractivity contribution < 1.29 is 9.18 Å². The molecule has 1 rings (SSSR count). The molecule has 82 valence electrons. The maximum Gasteiger partial charge on any atom is 0.230 e. The minimum atomic E-state index is -0.313. The molecule has 1 atom stereocenters. The van der Waals surface area contributed by atoms with Crippen LogP contribution in [0.3, 0.4) is 0 Å². The lowest BCUT2D eigenvalue weighted by Crippen LogP contribution is -2.35. The Bertz CT molecular complexity index is 337. The molecule has 4 heteroatoms. The molecule has 1 aromatic rings. The first-order valence-corrected chi connectivity index (χ1v) is 4.79. The molecule has 0 heterocycles. The van der Waals surface area contributed by atoms with Crippen LogP contribution in [0, 0.1) is 11.7 Å². The van der Waals surface area contributed by atoms with Gasteiger partial charge in [0.2, 0.25) is 5.91 Å². The first-order chi connectivity index (χ1) is 7.06. The molecule has 3 nitrogen and oxygen atoms in total. The van der Waals surface area contributed by atoms with Crippen molar-refractivity contribution in [2.24, 2.45) is 11.7 Å². The average Bonchev–Trinajstić information content (AvgIpc) is 2.27. The number of carbonyl (C=O) groups excluding carboxylic acids is 1. The first kappa shape index (κ1) is 11.7. The van der Waals surface area contributed by atoms with Gasteiger partial charge in [0.05, 0.1) is 0 Å². The summed E-state index contributed by atoms with van der Waals surface area (Å²) >= 11 is 0. The van der Waals surface area contributed by atoms with E-state index < -0.39 is 0 Å². The SMILES string of the molecule is CC(CN)C(=O)N(C)c1ccc(F)cc1. The summed E-state index contributed by atoms with van der Waals surface area (Å²) in [6, 6.07) is 5.78. The van der Waals surface area contributed by atoms with E-state index in [1.54, 1.807) is 26.1 Å². The monoisotopic (exact) mass is 210 g/mol. The van der Waals surface area contributed by atoms with Gasteiger partial charge in [-0.05, 0) is 24.3 Å². The van der Waals surface area contributed by atoms with Gasteiger partial charge in [0.25, 0.3) is 0 Å². The molecular formula is C11H15FN2O. The Hall–Kier alpha value is -1.42. The summed E-state index contributed by atoms with van der Waals surface area (Å²) in [5.41, 5.74) is 6.07.